The van der Waals surface area contributed by atoms with Crippen LogP contribution in [-0.4, -0.2) is 65.4 Å². The van der Waals surface area contributed by atoms with E-state index in [1.165, 1.54) is 6.07 Å². The molecular formula is C26H30FN3O6. The summed E-state index contributed by atoms with van der Waals surface area (Å²) in [6, 6.07) is 13.0. The van der Waals surface area contributed by atoms with Crippen molar-refractivity contribution in [1.82, 2.24) is 5.01 Å². The topological polar surface area (TPSA) is 135 Å². The standard InChI is InChI=1S/C22H26FN3O2.C4H4O4/c23-21-14-19(28-15-20-3-1-2-12-27-20)9-8-18(21)13-16-4-6-17(7-5-16)22-25-10-11-26(22)24;5-3(6)1-2-4(7)8/h4-9,14,20H,1-3,10-13,15,24H2;1-2H,(H,5,6)(H,7,8). The Morgan fingerprint density at radius 3 is 2.42 bits per heavy atom. The zero-order valence-electron chi connectivity index (χ0n) is 19.8. The highest BCUT2D eigenvalue weighted by Crippen LogP contribution is 2.21. The summed E-state index contributed by atoms with van der Waals surface area (Å²) >= 11 is 0. The van der Waals surface area contributed by atoms with E-state index in [0.717, 1.165) is 55.9 Å². The Bertz CT molecular complexity index is 1080. The summed E-state index contributed by atoms with van der Waals surface area (Å²) in [6.07, 6.45) is 5.03. The van der Waals surface area contributed by atoms with E-state index < -0.39 is 11.9 Å². The lowest BCUT2D eigenvalue weighted by atomic mass is 10.0. The summed E-state index contributed by atoms with van der Waals surface area (Å²) in [7, 11) is 0. The Balaban J connectivity index is 0.000000392. The third-order valence-electron chi connectivity index (χ3n) is 5.58. The number of rotatable bonds is 8. The number of nitrogens with zero attached hydrogens (tertiary/aromatic N) is 2. The molecule has 1 atom stereocenters. The van der Waals surface area contributed by atoms with E-state index in [9.17, 15) is 14.0 Å². The van der Waals surface area contributed by atoms with Gasteiger partial charge >= 0.3 is 11.9 Å². The Hall–Kier alpha value is -3.76. The van der Waals surface area contributed by atoms with Crippen LogP contribution in [-0.2, 0) is 20.7 Å². The first kappa shape index (κ1) is 26.8. The number of hydrazine groups is 1. The predicted octanol–water partition coefficient (Wildman–Crippen LogP) is 3.01. The Morgan fingerprint density at radius 1 is 1.14 bits per heavy atom. The van der Waals surface area contributed by atoms with Crippen LogP contribution < -0.4 is 10.6 Å². The molecule has 0 aromatic heterocycles. The van der Waals surface area contributed by atoms with Gasteiger partial charge < -0.3 is 19.7 Å². The van der Waals surface area contributed by atoms with Gasteiger partial charge in [0.05, 0.1) is 19.2 Å². The summed E-state index contributed by atoms with van der Waals surface area (Å²) in [5.74, 6) is 4.50. The molecule has 36 heavy (non-hydrogen) atoms. The second-order valence-corrected chi connectivity index (χ2v) is 8.34. The van der Waals surface area contributed by atoms with E-state index in [-0.39, 0.29) is 11.9 Å². The number of benzene rings is 2. The number of nitrogens with two attached hydrogens (primary N) is 1. The number of aliphatic imine (C=N–C) groups is 1. The normalized spacial score (nSPS) is 17.3. The molecule has 1 saturated heterocycles. The summed E-state index contributed by atoms with van der Waals surface area (Å²) in [4.78, 5) is 23.5. The van der Waals surface area contributed by atoms with Gasteiger partial charge in [0.15, 0.2) is 0 Å². The van der Waals surface area contributed by atoms with Crippen molar-refractivity contribution < 1.29 is 33.7 Å². The minimum Gasteiger partial charge on any atom is -0.491 e. The molecule has 192 valence electrons. The lowest BCUT2D eigenvalue weighted by Crippen LogP contribution is -2.34. The highest BCUT2D eigenvalue weighted by atomic mass is 19.1. The molecule has 0 amide bonds. The second kappa shape index (κ2) is 13.4. The summed E-state index contributed by atoms with van der Waals surface area (Å²) < 4.78 is 25.9. The minimum atomic E-state index is -1.26. The maximum absolute atomic E-state index is 14.5. The Labute approximate surface area is 208 Å². The van der Waals surface area contributed by atoms with Crippen LogP contribution in [0.25, 0.3) is 0 Å². The molecule has 10 heteroatoms. The van der Waals surface area contributed by atoms with Gasteiger partial charge in [-0.25, -0.2) is 19.8 Å². The molecule has 0 bridgehead atoms. The fourth-order valence-electron chi connectivity index (χ4n) is 3.74. The molecule has 2 heterocycles. The zero-order valence-corrected chi connectivity index (χ0v) is 19.8. The molecular weight excluding hydrogens is 469 g/mol. The molecule has 1 unspecified atom stereocenters. The smallest absolute Gasteiger partial charge is 0.328 e. The number of halogens is 1. The third kappa shape index (κ3) is 8.47. The van der Waals surface area contributed by atoms with Gasteiger partial charge in [-0.15, -0.1) is 0 Å². The van der Waals surface area contributed by atoms with E-state index in [0.29, 0.717) is 36.5 Å². The van der Waals surface area contributed by atoms with Crippen LogP contribution in [0.5, 0.6) is 5.75 Å². The van der Waals surface area contributed by atoms with Crippen LogP contribution in [0.2, 0.25) is 0 Å². The lowest BCUT2D eigenvalue weighted by molar-refractivity contribution is -0.134. The molecule has 4 rings (SSSR count). The summed E-state index contributed by atoms with van der Waals surface area (Å²) in [5.41, 5.74) is 2.67. The van der Waals surface area contributed by atoms with Gasteiger partial charge in [0.2, 0.25) is 0 Å². The van der Waals surface area contributed by atoms with Crippen LogP contribution in [0.4, 0.5) is 4.39 Å². The van der Waals surface area contributed by atoms with Crippen molar-refractivity contribution in [3.05, 3.63) is 77.1 Å². The number of amidine groups is 1. The van der Waals surface area contributed by atoms with Gasteiger partial charge in [-0.05, 0) is 36.5 Å². The average Bonchev–Trinajstić information content (AvgIpc) is 3.30. The van der Waals surface area contributed by atoms with Gasteiger partial charge in [0, 0.05) is 36.8 Å². The van der Waals surface area contributed by atoms with Crippen molar-refractivity contribution in [2.24, 2.45) is 10.8 Å². The first-order chi connectivity index (χ1) is 17.3. The first-order valence-corrected chi connectivity index (χ1v) is 11.6. The maximum Gasteiger partial charge on any atom is 0.328 e. The van der Waals surface area contributed by atoms with Crippen molar-refractivity contribution in [2.45, 2.75) is 31.8 Å². The molecule has 4 N–H and O–H groups in total. The highest BCUT2D eigenvalue weighted by Gasteiger charge is 2.16. The molecule has 0 saturated carbocycles. The van der Waals surface area contributed by atoms with E-state index in [2.05, 4.69) is 4.99 Å². The van der Waals surface area contributed by atoms with Gasteiger partial charge in [-0.1, -0.05) is 30.3 Å². The molecule has 2 aromatic rings. The first-order valence-electron chi connectivity index (χ1n) is 11.6. The largest absolute Gasteiger partial charge is 0.491 e. The monoisotopic (exact) mass is 499 g/mol. The van der Waals surface area contributed by atoms with Crippen LogP contribution >= 0.6 is 0 Å². The number of hydrogen-bond acceptors (Lipinski definition) is 7. The van der Waals surface area contributed by atoms with Crippen LogP contribution in [0.3, 0.4) is 0 Å². The Kier molecular flexibility index (Phi) is 9.96. The fraction of sp³-hybridized carbons (Fsp3) is 0.346. The number of carboxylic acids is 2. The van der Waals surface area contributed by atoms with Gasteiger partial charge in [0.1, 0.15) is 24.0 Å². The van der Waals surface area contributed by atoms with E-state index in [1.54, 1.807) is 11.1 Å². The van der Waals surface area contributed by atoms with E-state index in [4.69, 9.17) is 25.5 Å². The van der Waals surface area contributed by atoms with Crippen molar-refractivity contribution in [3.8, 4) is 5.75 Å². The predicted molar refractivity (Wildman–Crippen MR) is 131 cm³/mol. The molecule has 0 aliphatic carbocycles. The van der Waals surface area contributed by atoms with Crippen LogP contribution in [0, 0.1) is 5.82 Å². The van der Waals surface area contributed by atoms with E-state index >= 15 is 0 Å². The van der Waals surface area contributed by atoms with Crippen molar-refractivity contribution in [3.63, 3.8) is 0 Å². The van der Waals surface area contributed by atoms with Crippen LogP contribution in [0.1, 0.15) is 36.0 Å². The number of aliphatic carboxylic acids is 2. The molecule has 1 fully saturated rings. The molecule has 9 nitrogen and oxygen atoms in total. The molecule has 2 aromatic carbocycles. The number of ether oxygens (including phenoxy) is 2. The second-order valence-electron chi connectivity index (χ2n) is 8.34. The number of carboxylic acid groups (broad SMARTS) is 2. The van der Waals surface area contributed by atoms with Gasteiger partial charge in [0.25, 0.3) is 0 Å². The Morgan fingerprint density at radius 2 is 1.86 bits per heavy atom. The average molecular weight is 500 g/mol. The zero-order chi connectivity index (χ0) is 25.9. The van der Waals surface area contributed by atoms with Gasteiger partial charge in [-0.2, -0.15) is 0 Å². The van der Waals surface area contributed by atoms with Crippen molar-refractivity contribution in [1.29, 1.82) is 0 Å². The summed E-state index contributed by atoms with van der Waals surface area (Å²) in [5, 5.41) is 17.3. The fourth-order valence-corrected chi connectivity index (χ4v) is 3.74. The molecule has 2 aliphatic heterocycles. The van der Waals surface area contributed by atoms with Crippen molar-refractivity contribution >= 4 is 17.8 Å². The van der Waals surface area contributed by atoms with Crippen molar-refractivity contribution in [2.75, 3.05) is 26.3 Å². The third-order valence-corrected chi connectivity index (χ3v) is 5.58. The summed E-state index contributed by atoms with van der Waals surface area (Å²) in [6.45, 7) is 2.72. The van der Waals surface area contributed by atoms with Crippen LogP contribution in [0.15, 0.2) is 59.6 Å². The highest BCUT2D eigenvalue weighted by molar-refractivity contribution is 5.99. The van der Waals surface area contributed by atoms with E-state index in [1.807, 2.05) is 30.3 Å². The number of hydrogen-bond donors (Lipinski definition) is 3. The molecule has 0 spiro atoms. The van der Waals surface area contributed by atoms with Gasteiger partial charge in [-0.3, -0.25) is 10.0 Å². The minimum absolute atomic E-state index is 0.115. The number of carbonyl (C=O) groups is 2. The molecule has 0 radical (unpaired) electrons. The maximum atomic E-state index is 14.5. The quantitative estimate of drug-likeness (QED) is 0.373. The lowest BCUT2D eigenvalue weighted by Gasteiger charge is -2.22. The molecule has 2 aliphatic rings. The SMILES string of the molecule is NN1CCN=C1c1ccc(Cc2ccc(OCC3CCCCO3)cc2F)cc1.O=C(O)C=CC(=O)O.